The molecule has 1 N–H and O–H groups in total. The third-order valence-electron chi connectivity index (χ3n) is 3.32. The Labute approximate surface area is 138 Å². The summed E-state index contributed by atoms with van der Waals surface area (Å²) in [6.07, 6.45) is 0.797. The third kappa shape index (κ3) is 6.00. The summed E-state index contributed by atoms with van der Waals surface area (Å²) in [5.74, 6) is 6.29. The summed E-state index contributed by atoms with van der Waals surface area (Å²) in [7, 11) is 0. The zero-order valence-corrected chi connectivity index (χ0v) is 14.0. The van der Waals surface area contributed by atoms with E-state index < -0.39 is 0 Å². The lowest BCUT2D eigenvalue weighted by Crippen LogP contribution is -2.36. The molecule has 1 amide bonds. The molecule has 0 aliphatic heterocycles. The van der Waals surface area contributed by atoms with Crippen molar-refractivity contribution < 1.29 is 4.79 Å². The molecule has 2 rings (SSSR count). The SMILES string of the molecule is CC(C)(C)CC(C#Cc1ccccc1)NC(=O)c1ccccc1. The quantitative estimate of drug-likeness (QED) is 0.843. The summed E-state index contributed by atoms with van der Waals surface area (Å²) in [5.41, 5.74) is 1.70. The first-order chi connectivity index (χ1) is 10.9. The Kier molecular flexibility index (Phi) is 5.60. The van der Waals surface area contributed by atoms with Gasteiger partial charge in [0.1, 0.15) is 0 Å². The molecule has 0 radical (unpaired) electrons. The Morgan fingerprint density at radius 2 is 1.57 bits per heavy atom. The first-order valence-corrected chi connectivity index (χ1v) is 7.86. The van der Waals surface area contributed by atoms with Crippen LogP contribution < -0.4 is 5.32 Å². The first kappa shape index (κ1) is 16.8. The van der Waals surface area contributed by atoms with Gasteiger partial charge in [-0.15, -0.1) is 0 Å². The molecular formula is C21H23NO. The van der Waals surface area contributed by atoms with Gasteiger partial charge in [-0.3, -0.25) is 4.79 Å². The first-order valence-electron chi connectivity index (χ1n) is 7.86. The Morgan fingerprint density at radius 3 is 2.13 bits per heavy atom. The summed E-state index contributed by atoms with van der Waals surface area (Å²) in [6.45, 7) is 6.45. The van der Waals surface area contributed by atoms with Gasteiger partial charge in [0.25, 0.3) is 5.91 Å². The molecule has 2 heteroatoms. The van der Waals surface area contributed by atoms with Crippen LogP contribution in [0.15, 0.2) is 60.7 Å². The lowest BCUT2D eigenvalue weighted by Gasteiger charge is -2.23. The molecule has 23 heavy (non-hydrogen) atoms. The summed E-state index contributed by atoms with van der Waals surface area (Å²) in [6, 6.07) is 18.9. The molecular weight excluding hydrogens is 282 g/mol. The maximum atomic E-state index is 12.4. The van der Waals surface area contributed by atoms with Crippen molar-refractivity contribution in [3.63, 3.8) is 0 Å². The van der Waals surface area contributed by atoms with E-state index in [4.69, 9.17) is 0 Å². The number of rotatable bonds is 3. The number of hydrogen-bond acceptors (Lipinski definition) is 1. The predicted molar refractivity (Wildman–Crippen MR) is 95.1 cm³/mol. The van der Waals surface area contributed by atoms with Crippen LogP contribution in [0.3, 0.4) is 0 Å². The Morgan fingerprint density at radius 1 is 1.00 bits per heavy atom. The molecule has 118 valence electrons. The van der Waals surface area contributed by atoms with Crippen molar-refractivity contribution in [1.29, 1.82) is 0 Å². The molecule has 0 aromatic heterocycles. The van der Waals surface area contributed by atoms with Crippen molar-refractivity contribution in [2.24, 2.45) is 5.41 Å². The van der Waals surface area contributed by atoms with Gasteiger partial charge >= 0.3 is 0 Å². The highest BCUT2D eigenvalue weighted by molar-refractivity contribution is 5.94. The van der Waals surface area contributed by atoms with Gasteiger partial charge in [-0.05, 0) is 36.1 Å². The summed E-state index contributed by atoms with van der Waals surface area (Å²) in [4.78, 5) is 12.4. The maximum absolute atomic E-state index is 12.4. The molecule has 0 bridgehead atoms. The van der Waals surface area contributed by atoms with Crippen molar-refractivity contribution in [2.45, 2.75) is 33.2 Å². The number of carbonyl (C=O) groups excluding carboxylic acids is 1. The van der Waals surface area contributed by atoms with Crippen molar-refractivity contribution >= 4 is 5.91 Å². The molecule has 0 spiro atoms. The number of amides is 1. The predicted octanol–water partition coefficient (Wildman–Crippen LogP) is 4.27. The molecule has 1 atom stereocenters. The van der Waals surface area contributed by atoms with Crippen LogP contribution in [0.5, 0.6) is 0 Å². The molecule has 0 fully saturated rings. The van der Waals surface area contributed by atoms with Crippen molar-refractivity contribution in [2.75, 3.05) is 0 Å². The lowest BCUT2D eigenvalue weighted by atomic mass is 9.88. The number of nitrogens with one attached hydrogen (secondary N) is 1. The van der Waals surface area contributed by atoms with Crippen molar-refractivity contribution in [3.05, 3.63) is 71.8 Å². The summed E-state index contributed by atoms with van der Waals surface area (Å²) < 4.78 is 0. The Hall–Kier alpha value is -2.53. The van der Waals surface area contributed by atoms with E-state index in [9.17, 15) is 4.79 Å². The van der Waals surface area contributed by atoms with Gasteiger partial charge in [0.05, 0.1) is 6.04 Å². The van der Waals surface area contributed by atoms with Crippen LogP contribution in [0.4, 0.5) is 0 Å². The van der Waals surface area contributed by atoms with Gasteiger partial charge < -0.3 is 5.32 Å². The van der Waals surface area contributed by atoms with Crippen LogP contribution >= 0.6 is 0 Å². The highest BCUT2D eigenvalue weighted by atomic mass is 16.1. The smallest absolute Gasteiger partial charge is 0.252 e. The number of hydrogen-bond donors (Lipinski definition) is 1. The largest absolute Gasteiger partial charge is 0.338 e. The third-order valence-corrected chi connectivity index (χ3v) is 3.32. The second-order valence-electron chi connectivity index (χ2n) is 6.79. The van der Waals surface area contributed by atoms with Gasteiger partial charge in [0.15, 0.2) is 0 Å². The van der Waals surface area contributed by atoms with Crippen LogP contribution in [-0.2, 0) is 0 Å². The molecule has 2 nitrogen and oxygen atoms in total. The van der Waals surface area contributed by atoms with Gasteiger partial charge in [-0.25, -0.2) is 0 Å². The number of benzene rings is 2. The number of carbonyl (C=O) groups is 1. The molecule has 2 aromatic carbocycles. The molecule has 0 aliphatic rings. The molecule has 1 unspecified atom stereocenters. The molecule has 0 saturated heterocycles. The van der Waals surface area contributed by atoms with Crippen LogP contribution in [0.1, 0.15) is 43.1 Å². The van der Waals surface area contributed by atoms with E-state index in [1.807, 2.05) is 60.7 Å². The van der Waals surface area contributed by atoms with Gasteiger partial charge in [0, 0.05) is 11.1 Å². The second kappa shape index (κ2) is 7.65. The maximum Gasteiger partial charge on any atom is 0.252 e. The Bertz CT molecular complexity index is 687. The standard InChI is InChI=1S/C21H23NO/c1-21(2,3)16-19(15-14-17-10-6-4-7-11-17)22-20(23)18-12-8-5-9-13-18/h4-13,19H,16H2,1-3H3,(H,22,23). The van der Waals surface area contributed by atoms with E-state index >= 15 is 0 Å². The van der Waals surface area contributed by atoms with E-state index in [1.54, 1.807) is 0 Å². The van der Waals surface area contributed by atoms with E-state index in [0.29, 0.717) is 5.56 Å². The fourth-order valence-corrected chi connectivity index (χ4v) is 2.27. The molecule has 0 aliphatic carbocycles. The minimum atomic E-state index is -0.178. The van der Waals surface area contributed by atoms with Crippen LogP contribution in [-0.4, -0.2) is 11.9 Å². The fraction of sp³-hybridized carbons (Fsp3) is 0.286. The Balaban J connectivity index is 2.15. The average Bonchev–Trinajstić information content (AvgIpc) is 2.53. The monoisotopic (exact) mass is 305 g/mol. The lowest BCUT2D eigenvalue weighted by molar-refractivity contribution is 0.0938. The van der Waals surface area contributed by atoms with E-state index in [1.165, 1.54) is 0 Å². The highest BCUT2D eigenvalue weighted by Crippen LogP contribution is 2.20. The topological polar surface area (TPSA) is 29.1 Å². The zero-order valence-electron chi connectivity index (χ0n) is 14.0. The van der Waals surface area contributed by atoms with Crippen LogP contribution in [0.25, 0.3) is 0 Å². The van der Waals surface area contributed by atoms with Crippen LogP contribution in [0.2, 0.25) is 0 Å². The average molecular weight is 305 g/mol. The fourth-order valence-electron chi connectivity index (χ4n) is 2.27. The van der Waals surface area contributed by atoms with E-state index in [0.717, 1.165) is 12.0 Å². The van der Waals surface area contributed by atoms with Crippen molar-refractivity contribution in [1.82, 2.24) is 5.32 Å². The zero-order chi connectivity index (χ0) is 16.7. The molecule has 0 heterocycles. The minimum Gasteiger partial charge on any atom is -0.338 e. The van der Waals surface area contributed by atoms with Gasteiger partial charge in [-0.2, -0.15) is 0 Å². The normalized spacial score (nSPS) is 12.0. The van der Waals surface area contributed by atoms with Gasteiger partial charge in [0.2, 0.25) is 0 Å². The summed E-state index contributed by atoms with van der Waals surface area (Å²) >= 11 is 0. The van der Waals surface area contributed by atoms with E-state index in [-0.39, 0.29) is 17.4 Å². The highest BCUT2D eigenvalue weighted by Gasteiger charge is 2.19. The van der Waals surface area contributed by atoms with Crippen LogP contribution in [0, 0.1) is 17.3 Å². The molecule has 0 saturated carbocycles. The van der Waals surface area contributed by atoms with E-state index in [2.05, 4.69) is 37.9 Å². The van der Waals surface area contributed by atoms with Gasteiger partial charge in [-0.1, -0.05) is 69.0 Å². The van der Waals surface area contributed by atoms with Crippen molar-refractivity contribution in [3.8, 4) is 11.8 Å². The minimum absolute atomic E-state index is 0.0813. The summed E-state index contributed by atoms with van der Waals surface area (Å²) in [5, 5.41) is 3.05. The molecule has 2 aromatic rings. The second-order valence-corrected chi connectivity index (χ2v) is 6.79.